The maximum atomic E-state index is 11.1. The van der Waals surface area contributed by atoms with Crippen molar-refractivity contribution in [2.45, 2.75) is 6.42 Å². The first-order valence-electron chi connectivity index (χ1n) is 5.88. The van der Waals surface area contributed by atoms with E-state index < -0.39 is 0 Å². The highest BCUT2D eigenvalue weighted by molar-refractivity contribution is 14.1. The van der Waals surface area contributed by atoms with Gasteiger partial charge >= 0.3 is 5.97 Å². The molecule has 0 fully saturated rings. The Labute approximate surface area is 127 Å². The van der Waals surface area contributed by atoms with Gasteiger partial charge in [-0.25, -0.2) is 0 Å². The molecule has 2 nitrogen and oxygen atoms in total. The van der Waals surface area contributed by atoms with Crippen LogP contribution in [0.4, 0.5) is 0 Å². The van der Waals surface area contributed by atoms with Crippen molar-refractivity contribution in [2.24, 2.45) is 0 Å². The van der Waals surface area contributed by atoms with Gasteiger partial charge in [-0.05, 0) is 21.6 Å². The summed E-state index contributed by atoms with van der Waals surface area (Å²) in [6.07, 6.45) is 0.325. The fourth-order valence-corrected chi connectivity index (χ4v) is 1.68. The van der Waals surface area contributed by atoms with Gasteiger partial charge in [0.05, 0.1) is 13.5 Å². The molecule has 0 aromatic heterocycles. The minimum Gasteiger partial charge on any atom is -0.469 e. The normalized spacial score (nSPS) is 9.21. The van der Waals surface area contributed by atoms with E-state index in [1.807, 2.05) is 47.4 Å². The lowest BCUT2D eigenvalue weighted by molar-refractivity contribution is -0.139. The van der Waals surface area contributed by atoms with Crippen LogP contribution in [0.15, 0.2) is 54.6 Å². The Kier molecular flexibility index (Phi) is 7.18. The van der Waals surface area contributed by atoms with Crippen LogP contribution in [0.2, 0.25) is 0 Å². The molecule has 0 saturated carbocycles. The van der Waals surface area contributed by atoms with E-state index in [0.29, 0.717) is 6.42 Å². The standard InChI is InChI=1S/C15H14O2.CH3I/c1-17-15(16)11-12-7-9-14(10-8-12)13-5-3-2-4-6-13;1-2/h2-10H,11H2,1H3;1H3. The maximum Gasteiger partial charge on any atom is 0.309 e. The van der Waals surface area contributed by atoms with E-state index >= 15 is 0 Å². The Hall–Kier alpha value is -1.36. The quantitative estimate of drug-likeness (QED) is 0.463. The van der Waals surface area contributed by atoms with Gasteiger partial charge in [0.1, 0.15) is 0 Å². The summed E-state index contributed by atoms with van der Waals surface area (Å²) in [5, 5.41) is 0. The second kappa shape index (κ2) is 8.69. The largest absolute Gasteiger partial charge is 0.469 e. The molecule has 0 saturated heterocycles. The molecule has 19 heavy (non-hydrogen) atoms. The molecular weight excluding hydrogens is 351 g/mol. The van der Waals surface area contributed by atoms with Gasteiger partial charge in [-0.1, -0.05) is 77.2 Å². The summed E-state index contributed by atoms with van der Waals surface area (Å²) in [5.41, 5.74) is 3.30. The highest BCUT2D eigenvalue weighted by atomic mass is 127. The molecule has 0 aliphatic heterocycles. The monoisotopic (exact) mass is 368 g/mol. The summed E-state index contributed by atoms with van der Waals surface area (Å²) in [4.78, 5) is 13.1. The van der Waals surface area contributed by atoms with Crippen molar-refractivity contribution in [3.63, 3.8) is 0 Å². The lowest BCUT2D eigenvalue weighted by Gasteiger charge is -2.03. The van der Waals surface area contributed by atoms with Crippen molar-refractivity contribution in [3.8, 4) is 11.1 Å². The zero-order valence-electron chi connectivity index (χ0n) is 11.1. The van der Waals surface area contributed by atoms with E-state index in [4.69, 9.17) is 0 Å². The van der Waals surface area contributed by atoms with Gasteiger partial charge in [0.2, 0.25) is 0 Å². The topological polar surface area (TPSA) is 26.3 Å². The number of methoxy groups -OCH3 is 1. The third-order valence-electron chi connectivity index (χ3n) is 2.64. The number of ether oxygens (including phenoxy) is 1. The Bertz CT molecular complexity index is 492. The highest BCUT2D eigenvalue weighted by Gasteiger charge is 2.03. The van der Waals surface area contributed by atoms with Crippen LogP contribution in [0.5, 0.6) is 0 Å². The molecule has 0 amide bonds. The van der Waals surface area contributed by atoms with Gasteiger partial charge in [-0.15, -0.1) is 0 Å². The number of hydrogen-bond acceptors (Lipinski definition) is 2. The molecule has 100 valence electrons. The Balaban J connectivity index is 0.000000861. The number of benzene rings is 2. The van der Waals surface area contributed by atoms with Gasteiger partial charge in [0, 0.05) is 0 Å². The number of carbonyl (C=O) groups excluding carboxylic acids is 1. The molecule has 0 bridgehead atoms. The average Bonchev–Trinajstić information content (AvgIpc) is 2.51. The third-order valence-corrected chi connectivity index (χ3v) is 2.64. The molecule has 0 aliphatic carbocycles. The van der Waals surface area contributed by atoms with E-state index in [1.165, 1.54) is 12.7 Å². The van der Waals surface area contributed by atoms with Crippen LogP contribution in [0.1, 0.15) is 5.56 Å². The van der Waals surface area contributed by atoms with Gasteiger partial charge < -0.3 is 4.74 Å². The second-order valence-electron chi connectivity index (χ2n) is 3.82. The number of esters is 1. The number of hydrogen-bond donors (Lipinski definition) is 0. The van der Waals surface area contributed by atoms with Crippen LogP contribution in [0, 0.1) is 0 Å². The smallest absolute Gasteiger partial charge is 0.309 e. The predicted molar refractivity (Wildman–Crippen MR) is 87.5 cm³/mol. The Morgan fingerprint density at radius 2 is 1.47 bits per heavy atom. The van der Waals surface area contributed by atoms with E-state index in [-0.39, 0.29) is 5.97 Å². The summed E-state index contributed by atoms with van der Waals surface area (Å²) in [7, 11) is 1.40. The summed E-state index contributed by atoms with van der Waals surface area (Å²) in [6.45, 7) is 0. The lowest BCUT2D eigenvalue weighted by atomic mass is 10.0. The van der Waals surface area contributed by atoms with Crippen molar-refractivity contribution in [2.75, 3.05) is 12.0 Å². The molecule has 0 heterocycles. The molecule has 0 radical (unpaired) electrons. The first-order valence-corrected chi connectivity index (χ1v) is 8.04. The minimum atomic E-state index is -0.211. The SMILES string of the molecule is CI.COC(=O)Cc1ccc(-c2ccccc2)cc1. The van der Waals surface area contributed by atoms with Crippen LogP contribution in [-0.4, -0.2) is 18.0 Å². The van der Waals surface area contributed by atoms with E-state index in [1.54, 1.807) is 0 Å². The number of alkyl halides is 1. The summed E-state index contributed by atoms with van der Waals surface area (Å²) in [6, 6.07) is 18.1. The second-order valence-corrected chi connectivity index (χ2v) is 3.82. The molecule has 0 spiro atoms. The van der Waals surface area contributed by atoms with E-state index in [0.717, 1.165) is 11.1 Å². The number of rotatable bonds is 3. The number of carbonyl (C=O) groups is 1. The minimum absolute atomic E-state index is 0.211. The first-order chi connectivity index (χ1) is 9.29. The molecule has 0 aliphatic rings. The first kappa shape index (κ1) is 15.7. The lowest BCUT2D eigenvalue weighted by Crippen LogP contribution is -2.03. The van der Waals surface area contributed by atoms with Crippen LogP contribution in [-0.2, 0) is 16.0 Å². The molecule has 0 unspecified atom stereocenters. The molecule has 0 N–H and O–H groups in total. The predicted octanol–water partition coefficient (Wildman–Crippen LogP) is 4.12. The van der Waals surface area contributed by atoms with Gasteiger partial charge in [-0.2, -0.15) is 0 Å². The van der Waals surface area contributed by atoms with E-state index in [2.05, 4.69) is 39.5 Å². The van der Waals surface area contributed by atoms with Crippen LogP contribution in [0.3, 0.4) is 0 Å². The summed E-state index contributed by atoms with van der Waals surface area (Å²) >= 11 is 2.15. The van der Waals surface area contributed by atoms with Crippen molar-refractivity contribution in [1.29, 1.82) is 0 Å². The van der Waals surface area contributed by atoms with Crippen molar-refractivity contribution in [1.82, 2.24) is 0 Å². The third kappa shape index (κ3) is 5.03. The molecule has 2 rings (SSSR count). The zero-order chi connectivity index (χ0) is 14.1. The molecule has 2 aromatic carbocycles. The van der Waals surface area contributed by atoms with Crippen LogP contribution >= 0.6 is 22.6 Å². The van der Waals surface area contributed by atoms with Crippen molar-refractivity contribution >= 4 is 28.6 Å². The van der Waals surface area contributed by atoms with Crippen LogP contribution in [0.25, 0.3) is 11.1 Å². The molecule has 0 atom stereocenters. The van der Waals surface area contributed by atoms with Crippen molar-refractivity contribution in [3.05, 3.63) is 60.2 Å². The summed E-state index contributed by atoms with van der Waals surface area (Å²) in [5.74, 6) is -0.211. The Morgan fingerprint density at radius 3 is 2.00 bits per heavy atom. The summed E-state index contributed by atoms with van der Waals surface area (Å²) < 4.78 is 4.63. The zero-order valence-corrected chi connectivity index (χ0v) is 13.3. The highest BCUT2D eigenvalue weighted by Crippen LogP contribution is 2.19. The fraction of sp³-hybridized carbons (Fsp3) is 0.188. The average molecular weight is 368 g/mol. The van der Waals surface area contributed by atoms with Gasteiger partial charge in [0.25, 0.3) is 0 Å². The molecule has 3 heteroatoms. The van der Waals surface area contributed by atoms with Gasteiger partial charge in [0.15, 0.2) is 0 Å². The van der Waals surface area contributed by atoms with Crippen LogP contribution < -0.4 is 0 Å². The maximum absolute atomic E-state index is 11.1. The van der Waals surface area contributed by atoms with Crippen molar-refractivity contribution < 1.29 is 9.53 Å². The molecular formula is C16H17IO2. The van der Waals surface area contributed by atoms with E-state index in [9.17, 15) is 4.79 Å². The number of halogens is 1. The van der Waals surface area contributed by atoms with Gasteiger partial charge in [-0.3, -0.25) is 4.79 Å². The molecule has 2 aromatic rings. The fourth-order valence-electron chi connectivity index (χ4n) is 1.68. The Morgan fingerprint density at radius 1 is 0.947 bits per heavy atom.